The molecule has 0 saturated heterocycles. The Morgan fingerprint density at radius 1 is 1.29 bits per heavy atom. The molecule has 0 spiro atoms. The number of fused-ring (bicyclic) bond motifs is 1. The molecule has 0 fully saturated rings. The van der Waals surface area contributed by atoms with E-state index in [9.17, 15) is 0 Å². The highest BCUT2D eigenvalue weighted by Gasteiger charge is 2.18. The van der Waals surface area contributed by atoms with Crippen LogP contribution in [0.3, 0.4) is 0 Å². The molecule has 14 heavy (non-hydrogen) atoms. The van der Waals surface area contributed by atoms with E-state index in [1.54, 1.807) is 0 Å². The average molecular weight is 212 g/mol. The van der Waals surface area contributed by atoms with Crippen LogP contribution in [0.5, 0.6) is 5.75 Å². The first-order valence-electron chi connectivity index (χ1n) is 5.06. The van der Waals surface area contributed by atoms with Gasteiger partial charge in [-0.3, -0.25) is 0 Å². The highest BCUT2D eigenvalue weighted by atomic mass is 31.2. The van der Waals surface area contributed by atoms with Gasteiger partial charge in [-0.15, -0.1) is 0 Å². The summed E-state index contributed by atoms with van der Waals surface area (Å²) in [6, 6.07) is 8.04. The van der Waals surface area contributed by atoms with Crippen molar-refractivity contribution in [3.05, 3.63) is 29.8 Å². The average Bonchev–Trinajstić information content (AvgIpc) is 2.31. The lowest BCUT2D eigenvalue weighted by Gasteiger charge is -2.23. The van der Waals surface area contributed by atoms with Gasteiger partial charge in [-0.1, -0.05) is 39.0 Å². The van der Waals surface area contributed by atoms with Crippen molar-refractivity contribution < 1.29 is 9.05 Å². The van der Waals surface area contributed by atoms with Gasteiger partial charge in [-0.05, 0) is 6.07 Å². The predicted molar refractivity (Wildman–Crippen MR) is 60.7 cm³/mol. The Balaban J connectivity index is 0.000000461. The predicted octanol–water partition coefficient (Wildman–Crippen LogP) is 3.95. The summed E-state index contributed by atoms with van der Waals surface area (Å²) in [6.07, 6.45) is 0.962. The third kappa shape index (κ3) is 2.70. The van der Waals surface area contributed by atoms with Crippen LogP contribution in [0, 0.1) is 0 Å². The summed E-state index contributed by atoms with van der Waals surface area (Å²) < 4.78 is 11.1. The highest BCUT2D eigenvalue weighted by Crippen LogP contribution is 2.45. The molecule has 3 heteroatoms. The Hall–Kier alpha value is -0.590. The maximum absolute atomic E-state index is 5.62. The maximum Gasteiger partial charge on any atom is 0.230 e. The van der Waals surface area contributed by atoms with E-state index in [-0.39, 0.29) is 0 Å². The molecule has 0 amide bonds. The van der Waals surface area contributed by atoms with Crippen molar-refractivity contribution in [2.75, 3.05) is 6.16 Å². The van der Waals surface area contributed by atoms with Crippen LogP contribution in [0.25, 0.3) is 0 Å². The Kier molecular flexibility index (Phi) is 4.92. The number of rotatable bonds is 1. The van der Waals surface area contributed by atoms with Gasteiger partial charge < -0.3 is 9.05 Å². The fourth-order valence-corrected chi connectivity index (χ4v) is 2.19. The van der Waals surface area contributed by atoms with Gasteiger partial charge >= 0.3 is 0 Å². The molecule has 1 aromatic carbocycles. The maximum atomic E-state index is 5.62. The molecule has 0 aliphatic carbocycles. The first kappa shape index (κ1) is 11.5. The first-order chi connectivity index (χ1) is 6.90. The Labute approximate surface area is 87.2 Å². The minimum atomic E-state index is -0.656. The van der Waals surface area contributed by atoms with Crippen LogP contribution in [0.15, 0.2) is 24.3 Å². The van der Waals surface area contributed by atoms with Crippen molar-refractivity contribution >= 4 is 8.38 Å². The molecule has 2 nitrogen and oxygen atoms in total. The summed E-state index contributed by atoms with van der Waals surface area (Å²) in [5.74, 6) is 0.997. The zero-order valence-corrected chi connectivity index (χ0v) is 9.88. The summed E-state index contributed by atoms with van der Waals surface area (Å²) in [5.41, 5.74) is 1.16. The van der Waals surface area contributed by atoms with E-state index >= 15 is 0 Å². The molecule has 2 rings (SSSR count). The van der Waals surface area contributed by atoms with Gasteiger partial charge in [0.05, 0.1) is 6.61 Å². The zero-order chi connectivity index (χ0) is 10.4. The third-order valence-electron chi connectivity index (χ3n) is 1.80. The van der Waals surface area contributed by atoms with Crippen molar-refractivity contribution in [1.82, 2.24) is 0 Å². The minimum absolute atomic E-state index is 0.656. The molecule has 0 radical (unpaired) electrons. The molecule has 0 bridgehead atoms. The molecule has 1 aliphatic rings. The van der Waals surface area contributed by atoms with Crippen LogP contribution in [-0.4, -0.2) is 6.16 Å². The van der Waals surface area contributed by atoms with Gasteiger partial charge in [0.2, 0.25) is 8.38 Å². The number of para-hydroxylation sites is 1. The monoisotopic (exact) mass is 212 g/mol. The number of benzene rings is 1. The van der Waals surface area contributed by atoms with Crippen molar-refractivity contribution in [2.24, 2.45) is 0 Å². The zero-order valence-electron chi connectivity index (χ0n) is 8.99. The second-order valence-electron chi connectivity index (χ2n) is 2.62. The molecule has 0 N–H and O–H groups in total. The van der Waals surface area contributed by atoms with E-state index in [1.165, 1.54) is 0 Å². The molecular formula is C11H17O2P. The van der Waals surface area contributed by atoms with E-state index in [0.717, 1.165) is 17.5 Å². The number of hydrogen-bond donors (Lipinski definition) is 0. The second kappa shape index (κ2) is 6.00. The highest BCUT2D eigenvalue weighted by molar-refractivity contribution is 7.47. The van der Waals surface area contributed by atoms with Crippen molar-refractivity contribution in [3.8, 4) is 5.75 Å². The lowest BCUT2D eigenvalue weighted by Crippen LogP contribution is -2.04. The molecule has 0 aromatic heterocycles. The summed E-state index contributed by atoms with van der Waals surface area (Å²) in [7, 11) is -0.656. The molecule has 1 aromatic rings. The van der Waals surface area contributed by atoms with Crippen LogP contribution < -0.4 is 4.52 Å². The molecule has 1 heterocycles. The Bertz CT molecular complexity index is 276. The Morgan fingerprint density at radius 3 is 2.71 bits per heavy atom. The van der Waals surface area contributed by atoms with Crippen LogP contribution >= 0.6 is 8.38 Å². The normalized spacial score (nSPS) is 18.6. The van der Waals surface area contributed by atoms with E-state index < -0.39 is 8.38 Å². The van der Waals surface area contributed by atoms with Crippen LogP contribution in [0.1, 0.15) is 26.3 Å². The molecular weight excluding hydrogens is 195 g/mol. The van der Waals surface area contributed by atoms with Crippen LogP contribution in [0.2, 0.25) is 0 Å². The number of hydrogen-bond acceptors (Lipinski definition) is 2. The van der Waals surface area contributed by atoms with Crippen molar-refractivity contribution in [2.45, 2.75) is 27.4 Å². The lowest BCUT2D eigenvalue weighted by molar-refractivity contribution is 0.278. The smallest absolute Gasteiger partial charge is 0.230 e. The largest absolute Gasteiger partial charge is 0.447 e. The molecule has 1 aliphatic heterocycles. The standard InChI is InChI=1S/C9H11O2P.C2H6/c1-2-12-10-7-8-5-3-4-6-9(8)11-12;1-2/h3-6H,2,7H2,1H3;1-2H3. The van der Waals surface area contributed by atoms with Crippen molar-refractivity contribution in [1.29, 1.82) is 0 Å². The third-order valence-corrected chi connectivity index (χ3v) is 3.13. The van der Waals surface area contributed by atoms with E-state index in [1.807, 2.05) is 38.1 Å². The second-order valence-corrected chi connectivity index (χ2v) is 4.36. The van der Waals surface area contributed by atoms with Crippen LogP contribution in [-0.2, 0) is 11.1 Å². The fourth-order valence-electron chi connectivity index (χ4n) is 1.15. The topological polar surface area (TPSA) is 18.5 Å². The lowest BCUT2D eigenvalue weighted by atomic mass is 10.2. The fraction of sp³-hybridized carbons (Fsp3) is 0.455. The van der Waals surface area contributed by atoms with E-state index in [2.05, 4.69) is 6.92 Å². The molecule has 1 unspecified atom stereocenters. The molecule has 0 saturated carbocycles. The van der Waals surface area contributed by atoms with Gasteiger partial charge in [0.15, 0.2) is 0 Å². The van der Waals surface area contributed by atoms with Gasteiger partial charge in [0.1, 0.15) is 5.75 Å². The van der Waals surface area contributed by atoms with Crippen molar-refractivity contribution in [3.63, 3.8) is 0 Å². The summed E-state index contributed by atoms with van der Waals surface area (Å²) in [6.45, 7) is 6.79. The van der Waals surface area contributed by atoms with Gasteiger partial charge in [0.25, 0.3) is 0 Å². The van der Waals surface area contributed by atoms with E-state index in [0.29, 0.717) is 6.61 Å². The first-order valence-corrected chi connectivity index (χ1v) is 6.42. The molecule has 1 atom stereocenters. The van der Waals surface area contributed by atoms with Gasteiger partial charge in [-0.25, -0.2) is 0 Å². The van der Waals surface area contributed by atoms with E-state index in [4.69, 9.17) is 9.05 Å². The SMILES string of the molecule is CC.CCP1OCc2ccccc2O1. The van der Waals surface area contributed by atoms with Gasteiger partial charge in [0, 0.05) is 11.7 Å². The summed E-state index contributed by atoms with van der Waals surface area (Å²) in [4.78, 5) is 0. The minimum Gasteiger partial charge on any atom is -0.447 e. The van der Waals surface area contributed by atoms with Crippen LogP contribution in [0.4, 0.5) is 0 Å². The Morgan fingerprint density at radius 2 is 2.00 bits per heavy atom. The summed E-state index contributed by atoms with van der Waals surface area (Å²) >= 11 is 0. The van der Waals surface area contributed by atoms with Gasteiger partial charge in [-0.2, -0.15) is 0 Å². The quantitative estimate of drug-likeness (QED) is 0.656. The summed E-state index contributed by atoms with van der Waals surface area (Å²) in [5, 5.41) is 0. The molecule has 78 valence electrons.